The van der Waals surface area contributed by atoms with Gasteiger partial charge in [0.05, 0.1) is 18.6 Å². The number of nitrogens with zero attached hydrogens (tertiary/aromatic N) is 3. The number of benzene rings is 2. The van der Waals surface area contributed by atoms with E-state index in [4.69, 9.17) is 23.8 Å². The highest BCUT2D eigenvalue weighted by Crippen LogP contribution is 2.38. The van der Waals surface area contributed by atoms with E-state index in [0.29, 0.717) is 29.2 Å². The first kappa shape index (κ1) is 22.7. The van der Waals surface area contributed by atoms with Crippen molar-refractivity contribution in [2.45, 2.75) is 33.9 Å². The van der Waals surface area contributed by atoms with E-state index in [1.165, 1.54) is 11.3 Å². The number of likely N-dealkylation sites (tertiary alicyclic amines) is 1. The Balaban J connectivity index is 1.59. The van der Waals surface area contributed by atoms with Gasteiger partial charge < -0.3 is 15.3 Å². The van der Waals surface area contributed by atoms with E-state index in [9.17, 15) is 5.11 Å². The lowest BCUT2D eigenvalue weighted by Crippen LogP contribution is -3.13. The van der Waals surface area contributed by atoms with Crippen LogP contribution in [0.2, 0.25) is 5.02 Å². The molecule has 3 aromatic rings. The number of rotatable bonds is 4. The minimum Gasteiger partial charge on any atom is -0.493 e. The van der Waals surface area contributed by atoms with Gasteiger partial charge in [0.1, 0.15) is 0 Å². The van der Waals surface area contributed by atoms with Crippen molar-refractivity contribution < 1.29 is 10.0 Å². The summed E-state index contributed by atoms with van der Waals surface area (Å²) in [4.78, 5) is 1.46. The van der Waals surface area contributed by atoms with Crippen molar-refractivity contribution in [2.24, 2.45) is 22.1 Å². The number of aromatic hydroxyl groups is 1. The molecular weight excluding hydrogens is 442 g/mol. The summed E-state index contributed by atoms with van der Waals surface area (Å²) >= 11 is 11.5. The molecule has 1 fully saturated rings. The minimum atomic E-state index is 0.120. The molecule has 6 nitrogen and oxygen atoms in total. The Morgan fingerprint density at radius 3 is 2.66 bits per heavy atom. The number of aromatic nitrogens is 1. The highest BCUT2D eigenvalue weighted by molar-refractivity contribution is 7.80. The number of azo groups is 1. The Morgan fingerprint density at radius 1 is 1.19 bits per heavy atom. The van der Waals surface area contributed by atoms with Gasteiger partial charge in [-0.15, -0.1) is 10.2 Å². The molecule has 0 bridgehead atoms. The quantitative estimate of drug-likeness (QED) is 0.357. The Labute approximate surface area is 198 Å². The predicted octanol–water partition coefficient (Wildman–Crippen LogP) is 5.31. The van der Waals surface area contributed by atoms with Crippen molar-refractivity contribution in [3.8, 4) is 5.88 Å². The number of thiocarbonyl (C=S) groups is 1. The zero-order chi connectivity index (χ0) is 22.8. The molecule has 2 aromatic carbocycles. The standard InChI is InChI=1S/C24H28ClN5OS/c1-15-11-16(2)13-29(12-15)14-30-21-10-5-4-7-18(21)22(23(30)31)27-28-24(32)26-20-9-6-8-19(25)17(20)3/h4-10,15-16,31H,11-14H2,1-3H3,(H,26,32)/p+1. The van der Waals surface area contributed by atoms with E-state index in [-0.39, 0.29) is 11.0 Å². The normalized spacial score (nSPS) is 21.3. The molecule has 0 saturated carbocycles. The van der Waals surface area contributed by atoms with Crippen LogP contribution in [-0.4, -0.2) is 27.9 Å². The number of hydrogen-bond acceptors (Lipinski definition) is 3. The minimum absolute atomic E-state index is 0.120. The molecule has 2 unspecified atom stereocenters. The molecule has 0 aliphatic carbocycles. The van der Waals surface area contributed by atoms with Crippen LogP contribution in [0.5, 0.6) is 5.88 Å². The topological polar surface area (TPSA) is 66.4 Å². The number of fused-ring (bicyclic) bond motifs is 1. The van der Waals surface area contributed by atoms with Crippen LogP contribution in [-0.2, 0) is 6.67 Å². The van der Waals surface area contributed by atoms with E-state index < -0.39 is 0 Å². The van der Waals surface area contributed by atoms with E-state index in [0.717, 1.165) is 35.2 Å². The zero-order valence-corrected chi connectivity index (χ0v) is 20.2. The van der Waals surface area contributed by atoms with Crippen LogP contribution in [0, 0.1) is 18.8 Å². The monoisotopic (exact) mass is 470 g/mol. The van der Waals surface area contributed by atoms with Crippen LogP contribution >= 0.6 is 23.8 Å². The Bertz CT molecular complexity index is 1160. The maximum atomic E-state index is 11.1. The summed E-state index contributed by atoms with van der Waals surface area (Å²) in [6.45, 7) is 9.41. The van der Waals surface area contributed by atoms with Gasteiger partial charge in [-0.25, -0.2) is 0 Å². The number of hydrogen-bond donors (Lipinski definition) is 3. The Morgan fingerprint density at radius 2 is 1.91 bits per heavy atom. The molecule has 168 valence electrons. The summed E-state index contributed by atoms with van der Waals surface area (Å²) in [5.74, 6) is 1.47. The fraction of sp³-hybridized carbons (Fsp3) is 0.375. The van der Waals surface area contributed by atoms with Crippen LogP contribution < -0.4 is 10.2 Å². The third-order valence-electron chi connectivity index (χ3n) is 6.13. The van der Waals surface area contributed by atoms with Crippen LogP contribution in [0.25, 0.3) is 10.9 Å². The predicted molar refractivity (Wildman–Crippen MR) is 134 cm³/mol. The van der Waals surface area contributed by atoms with Crippen molar-refractivity contribution >= 4 is 51.2 Å². The molecular formula is C24H29ClN5OS+. The molecule has 0 radical (unpaired) electrons. The number of halogens is 1. The molecule has 1 aliphatic heterocycles. The van der Waals surface area contributed by atoms with Gasteiger partial charge in [-0.1, -0.05) is 49.7 Å². The molecule has 3 N–H and O–H groups in total. The summed E-state index contributed by atoms with van der Waals surface area (Å²) < 4.78 is 1.95. The molecule has 0 amide bonds. The van der Waals surface area contributed by atoms with Crippen molar-refractivity contribution in [1.82, 2.24) is 4.57 Å². The highest BCUT2D eigenvalue weighted by atomic mass is 35.5. The van der Waals surface area contributed by atoms with Crippen molar-refractivity contribution in [3.05, 3.63) is 53.1 Å². The number of para-hydroxylation sites is 1. The van der Waals surface area contributed by atoms with Crippen LogP contribution in [0.3, 0.4) is 0 Å². The second-order valence-electron chi connectivity index (χ2n) is 8.92. The molecule has 1 aromatic heterocycles. The maximum Gasteiger partial charge on any atom is 0.225 e. The van der Waals surface area contributed by atoms with E-state index >= 15 is 0 Å². The van der Waals surface area contributed by atoms with Crippen molar-refractivity contribution in [2.75, 3.05) is 18.4 Å². The zero-order valence-electron chi connectivity index (χ0n) is 18.6. The first-order chi connectivity index (χ1) is 15.3. The van der Waals surface area contributed by atoms with E-state index in [2.05, 4.69) is 29.4 Å². The highest BCUT2D eigenvalue weighted by Gasteiger charge is 2.27. The average molecular weight is 471 g/mol. The molecule has 1 saturated heterocycles. The van der Waals surface area contributed by atoms with Crippen molar-refractivity contribution in [3.63, 3.8) is 0 Å². The van der Waals surface area contributed by atoms with Gasteiger partial charge in [-0.3, -0.25) is 4.57 Å². The Kier molecular flexibility index (Phi) is 6.79. The molecule has 0 spiro atoms. The second-order valence-corrected chi connectivity index (χ2v) is 9.72. The van der Waals surface area contributed by atoms with Gasteiger partial charge in [0.2, 0.25) is 11.0 Å². The lowest BCUT2D eigenvalue weighted by Gasteiger charge is -2.32. The van der Waals surface area contributed by atoms with Crippen LogP contribution in [0.15, 0.2) is 52.7 Å². The van der Waals surface area contributed by atoms with Crippen molar-refractivity contribution in [1.29, 1.82) is 0 Å². The summed E-state index contributed by atoms with van der Waals surface area (Å²) in [6, 6.07) is 13.4. The first-order valence-corrected chi connectivity index (χ1v) is 11.7. The lowest BCUT2D eigenvalue weighted by molar-refractivity contribution is -0.934. The third kappa shape index (κ3) is 4.80. The Hall–Kier alpha value is -2.48. The fourth-order valence-corrected chi connectivity index (χ4v) is 5.11. The smallest absolute Gasteiger partial charge is 0.225 e. The third-order valence-corrected chi connectivity index (χ3v) is 6.72. The maximum absolute atomic E-state index is 11.1. The summed E-state index contributed by atoms with van der Waals surface area (Å²) in [7, 11) is 0. The molecule has 1 aliphatic rings. The van der Waals surface area contributed by atoms with Crippen LogP contribution in [0.1, 0.15) is 25.8 Å². The number of quaternary nitrogens is 1. The summed E-state index contributed by atoms with van der Waals surface area (Å²) in [6.07, 6.45) is 1.26. The van der Waals surface area contributed by atoms with Gasteiger partial charge >= 0.3 is 0 Å². The number of piperidine rings is 1. The first-order valence-electron chi connectivity index (χ1n) is 10.9. The average Bonchev–Trinajstić information content (AvgIpc) is 3.00. The second kappa shape index (κ2) is 9.57. The summed E-state index contributed by atoms with van der Waals surface area (Å²) in [5.41, 5.74) is 3.05. The van der Waals surface area contributed by atoms with Gasteiger partial charge in [-0.05, 0) is 49.3 Å². The van der Waals surface area contributed by atoms with Gasteiger partial charge in [-0.2, -0.15) is 0 Å². The van der Waals surface area contributed by atoms with Gasteiger partial charge in [0.25, 0.3) is 0 Å². The molecule has 2 heterocycles. The molecule has 4 rings (SSSR count). The SMILES string of the molecule is Cc1c(Cl)cccc1NC(=S)N=Nc1c(O)n(C[NH+]2CC(C)CC(C)C2)c2ccccc12. The number of anilines is 1. The van der Waals surface area contributed by atoms with E-state index in [1.54, 1.807) is 0 Å². The van der Waals surface area contributed by atoms with Gasteiger partial charge in [0.15, 0.2) is 12.4 Å². The molecule has 2 atom stereocenters. The summed E-state index contributed by atoms with van der Waals surface area (Å²) in [5, 5.41) is 24.4. The van der Waals surface area contributed by atoms with Crippen LogP contribution in [0.4, 0.5) is 11.4 Å². The largest absolute Gasteiger partial charge is 0.493 e. The number of nitrogens with one attached hydrogen (secondary N) is 2. The lowest BCUT2D eigenvalue weighted by atomic mass is 9.92. The molecule has 32 heavy (non-hydrogen) atoms. The fourth-order valence-electron chi connectivity index (χ4n) is 4.78. The van der Waals surface area contributed by atoms with E-state index in [1.807, 2.05) is 54.0 Å². The molecule has 8 heteroatoms. The van der Waals surface area contributed by atoms with Gasteiger partial charge in [0, 0.05) is 27.9 Å².